The average Bonchev–Trinajstić information content (AvgIpc) is 2.64. The van der Waals surface area contributed by atoms with Crippen molar-refractivity contribution < 1.29 is 0 Å². The van der Waals surface area contributed by atoms with Crippen LogP contribution in [-0.2, 0) is 5.54 Å². The SMILES string of the molecule is CC(C)(C)NNC(c1ccccc1)(c1ccccc1)c1ccccc1. The molecule has 0 radical (unpaired) electrons. The van der Waals surface area contributed by atoms with E-state index in [0.29, 0.717) is 0 Å². The number of benzene rings is 3. The van der Waals surface area contributed by atoms with Gasteiger partial charge in [0.2, 0.25) is 0 Å². The maximum atomic E-state index is 3.67. The van der Waals surface area contributed by atoms with E-state index in [2.05, 4.69) is 123 Å². The summed E-state index contributed by atoms with van der Waals surface area (Å²) in [5.74, 6) is 0. The van der Waals surface area contributed by atoms with Crippen LogP contribution in [0.3, 0.4) is 0 Å². The molecule has 0 aliphatic heterocycles. The fourth-order valence-electron chi connectivity index (χ4n) is 3.06. The molecule has 0 saturated heterocycles. The van der Waals surface area contributed by atoms with E-state index in [1.165, 1.54) is 16.7 Å². The van der Waals surface area contributed by atoms with Crippen molar-refractivity contribution in [2.24, 2.45) is 0 Å². The number of rotatable bonds is 5. The Morgan fingerprint density at radius 1 is 0.480 bits per heavy atom. The summed E-state index contributed by atoms with van der Waals surface area (Å²) in [6, 6.07) is 31.8. The van der Waals surface area contributed by atoms with E-state index < -0.39 is 5.54 Å². The van der Waals surface area contributed by atoms with Crippen LogP contribution in [0.15, 0.2) is 91.0 Å². The summed E-state index contributed by atoms with van der Waals surface area (Å²) in [7, 11) is 0. The summed E-state index contributed by atoms with van der Waals surface area (Å²) in [5, 5.41) is 0. The minimum Gasteiger partial charge on any atom is -0.251 e. The van der Waals surface area contributed by atoms with Gasteiger partial charge in [-0.2, -0.15) is 0 Å². The van der Waals surface area contributed by atoms with Crippen LogP contribution >= 0.6 is 0 Å². The number of nitrogens with one attached hydrogen (secondary N) is 2. The Morgan fingerprint density at radius 3 is 1.08 bits per heavy atom. The Morgan fingerprint density at radius 2 is 0.800 bits per heavy atom. The Labute approximate surface area is 150 Å². The molecular weight excluding hydrogens is 304 g/mol. The van der Waals surface area contributed by atoms with Gasteiger partial charge >= 0.3 is 0 Å². The molecule has 0 aliphatic carbocycles. The third kappa shape index (κ3) is 3.81. The molecule has 0 amide bonds. The molecule has 0 fully saturated rings. The second-order valence-corrected chi connectivity index (χ2v) is 7.35. The van der Waals surface area contributed by atoms with Gasteiger partial charge in [-0.3, -0.25) is 5.43 Å². The van der Waals surface area contributed by atoms with Gasteiger partial charge in [-0.05, 0) is 37.5 Å². The van der Waals surface area contributed by atoms with Crippen LogP contribution in [0.2, 0.25) is 0 Å². The van der Waals surface area contributed by atoms with Crippen molar-refractivity contribution >= 4 is 0 Å². The van der Waals surface area contributed by atoms with E-state index in [1.54, 1.807) is 0 Å². The molecule has 0 heterocycles. The van der Waals surface area contributed by atoms with Crippen LogP contribution in [-0.4, -0.2) is 5.54 Å². The van der Waals surface area contributed by atoms with Gasteiger partial charge in [0.25, 0.3) is 0 Å². The summed E-state index contributed by atoms with van der Waals surface area (Å²) in [6.45, 7) is 6.48. The van der Waals surface area contributed by atoms with Crippen LogP contribution < -0.4 is 10.9 Å². The number of hydrogen-bond acceptors (Lipinski definition) is 2. The predicted molar refractivity (Wildman–Crippen MR) is 105 cm³/mol. The topological polar surface area (TPSA) is 24.1 Å². The molecule has 128 valence electrons. The Bertz CT molecular complexity index is 678. The minimum atomic E-state index is -0.475. The molecule has 0 aromatic heterocycles. The van der Waals surface area contributed by atoms with E-state index in [4.69, 9.17) is 0 Å². The molecule has 3 aromatic rings. The lowest BCUT2D eigenvalue weighted by Gasteiger charge is -2.39. The van der Waals surface area contributed by atoms with Gasteiger partial charge in [-0.1, -0.05) is 91.0 Å². The lowest BCUT2D eigenvalue weighted by Crippen LogP contribution is -2.57. The van der Waals surface area contributed by atoms with E-state index >= 15 is 0 Å². The fourth-order valence-corrected chi connectivity index (χ4v) is 3.06. The summed E-state index contributed by atoms with van der Waals surface area (Å²) in [4.78, 5) is 0. The number of hydrazine groups is 1. The molecule has 3 aromatic carbocycles. The Hall–Kier alpha value is -2.42. The predicted octanol–water partition coefficient (Wildman–Crippen LogP) is 4.87. The molecule has 0 atom stereocenters. The molecule has 0 unspecified atom stereocenters. The Kier molecular flexibility index (Phi) is 5.03. The first-order chi connectivity index (χ1) is 12.0. The molecule has 2 nitrogen and oxygen atoms in total. The normalized spacial score (nSPS) is 12.1. The van der Waals surface area contributed by atoms with Crippen LogP contribution in [0.5, 0.6) is 0 Å². The zero-order valence-corrected chi connectivity index (χ0v) is 15.2. The minimum absolute atomic E-state index is 0.0659. The first kappa shape index (κ1) is 17.4. The molecular formula is C23H26N2. The van der Waals surface area contributed by atoms with E-state index in [-0.39, 0.29) is 5.54 Å². The van der Waals surface area contributed by atoms with Gasteiger partial charge in [-0.25, -0.2) is 5.43 Å². The standard InChI is InChI=1S/C23H26N2/c1-22(2,3)24-25-23(19-13-7-4-8-14-19,20-15-9-5-10-16-20)21-17-11-6-12-18-21/h4-18,24-25H,1-3H3. The van der Waals surface area contributed by atoms with Crippen molar-refractivity contribution in [1.82, 2.24) is 10.9 Å². The maximum absolute atomic E-state index is 3.67. The summed E-state index contributed by atoms with van der Waals surface area (Å²) < 4.78 is 0. The van der Waals surface area contributed by atoms with Gasteiger partial charge in [0.1, 0.15) is 5.54 Å². The van der Waals surface area contributed by atoms with Gasteiger partial charge in [0.15, 0.2) is 0 Å². The highest BCUT2D eigenvalue weighted by atomic mass is 15.4. The van der Waals surface area contributed by atoms with E-state index in [0.717, 1.165) is 0 Å². The summed E-state index contributed by atoms with van der Waals surface area (Å²) in [5.41, 5.74) is 10.2. The quantitative estimate of drug-likeness (QED) is 0.515. The zero-order valence-electron chi connectivity index (χ0n) is 15.2. The van der Waals surface area contributed by atoms with Crippen LogP contribution in [0.1, 0.15) is 37.5 Å². The second kappa shape index (κ2) is 7.22. The molecule has 0 spiro atoms. The van der Waals surface area contributed by atoms with Crippen LogP contribution in [0.25, 0.3) is 0 Å². The smallest absolute Gasteiger partial charge is 0.107 e. The fraction of sp³-hybridized carbons (Fsp3) is 0.217. The third-order valence-corrected chi connectivity index (χ3v) is 4.25. The third-order valence-electron chi connectivity index (χ3n) is 4.25. The van der Waals surface area contributed by atoms with Crippen molar-refractivity contribution in [2.75, 3.05) is 0 Å². The van der Waals surface area contributed by atoms with Crippen molar-refractivity contribution in [3.63, 3.8) is 0 Å². The van der Waals surface area contributed by atoms with E-state index in [1.807, 2.05) is 0 Å². The lowest BCUT2D eigenvalue weighted by molar-refractivity contribution is 0.292. The van der Waals surface area contributed by atoms with Crippen LogP contribution in [0.4, 0.5) is 0 Å². The monoisotopic (exact) mass is 330 g/mol. The lowest BCUT2D eigenvalue weighted by atomic mass is 9.77. The van der Waals surface area contributed by atoms with Crippen molar-refractivity contribution in [3.8, 4) is 0 Å². The molecule has 25 heavy (non-hydrogen) atoms. The molecule has 0 saturated carbocycles. The van der Waals surface area contributed by atoms with E-state index in [9.17, 15) is 0 Å². The van der Waals surface area contributed by atoms with Gasteiger partial charge < -0.3 is 0 Å². The van der Waals surface area contributed by atoms with Gasteiger partial charge in [0.05, 0.1) is 0 Å². The van der Waals surface area contributed by atoms with Gasteiger partial charge in [0, 0.05) is 5.54 Å². The molecule has 0 bridgehead atoms. The first-order valence-electron chi connectivity index (χ1n) is 8.73. The highest BCUT2D eigenvalue weighted by Gasteiger charge is 2.36. The maximum Gasteiger partial charge on any atom is 0.107 e. The zero-order chi connectivity index (χ0) is 17.8. The largest absolute Gasteiger partial charge is 0.251 e. The molecule has 2 heteroatoms. The average molecular weight is 330 g/mol. The highest BCUT2D eigenvalue weighted by molar-refractivity contribution is 5.49. The molecule has 2 N–H and O–H groups in total. The molecule has 0 aliphatic rings. The number of hydrogen-bond donors (Lipinski definition) is 2. The van der Waals surface area contributed by atoms with Crippen LogP contribution in [0, 0.1) is 0 Å². The van der Waals surface area contributed by atoms with Crippen molar-refractivity contribution in [2.45, 2.75) is 31.8 Å². The highest BCUT2D eigenvalue weighted by Crippen LogP contribution is 2.36. The summed E-state index contributed by atoms with van der Waals surface area (Å²) >= 11 is 0. The van der Waals surface area contributed by atoms with Crippen molar-refractivity contribution in [1.29, 1.82) is 0 Å². The molecule has 3 rings (SSSR count). The van der Waals surface area contributed by atoms with Gasteiger partial charge in [-0.15, -0.1) is 0 Å². The van der Waals surface area contributed by atoms with Crippen molar-refractivity contribution in [3.05, 3.63) is 108 Å². The Balaban J connectivity index is 2.24. The second-order valence-electron chi connectivity index (χ2n) is 7.35. The summed E-state index contributed by atoms with van der Waals surface area (Å²) in [6.07, 6.45) is 0. The first-order valence-corrected chi connectivity index (χ1v) is 8.73.